The molecule has 0 fully saturated rings. The fourth-order valence-electron chi connectivity index (χ4n) is 2.33. The van der Waals surface area contributed by atoms with E-state index < -0.39 is 0 Å². The molecule has 0 aliphatic rings. The lowest BCUT2D eigenvalue weighted by molar-refractivity contribution is 0.0657. The van der Waals surface area contributed by atoms with Gasteiger partial charge in [-0.2, -0.15) is 0 Å². The molecule has 0 amide bonds. The largest absolute Gasteiger partial charge is 0.374 e. The number of ether oxygens (including phenoxy) is 1. The van der Waals surface area contributed by atoms with Gasteiger partial charge in [0, 0.05) is 13.1 Å². The van der Waals surface area contributed by atoms with Gasteiger partial charge < -0.3 is 10.1 Å². The average Bonchev–Trinajstić information content (AvgIpc) is 2.37. The van der Waals surface area contributed by atoms with Crippen LogP contribution in [-0.2, 0) is 17.9 Å². The van der Waals surface area contributed by atoms with E-state index in [1.165, 1.54) is 24.0 Å². The van der Waals surface area contributed by atoms with Gasteiger partial charge in [0.1, 0.15) is 0 Å². The molecule has 0 bridgehead atoms. The molecule has 114 valence electrons. The first kappa shape index (κ1) is 17.2. The summed E-state index contributed by atoms with van der Waals surface area (Å²) in [4.78, 5) is 0. The van der Waals surface area contributed by atoms with Crippen LogP contribution < -0.4 is 5.32 Å². The Balaban J connectivity index is 2.34. The minimum absolute atomic E-state index is 0.289. The van der Waals surface area contributed by atoms with E-state index in [1.54, 1.807) is 0 Å². The van der Waals surface area contributed by atoms with Crippen LogP contribution in [-0.4, -0.2) is 12.6 Å². The van der Waals surface area contributed by atoms with Gasteiger partial charge in [-0.3, -0.25) is 0 Å². The summed E-state index contributed by atoms with van der Waals surface area (Å²) < 4.78 is 5.60. The molecule has 0 radical (unpaired) electrons. The Morgan fingerprint density at radius 1 is 1.10 bits per heavy atom. The van der Waals surface area contributed by atoms with E-state index in [-0.39, 0.29) is 6.10 Å². The molecule has 2 heteroatoms. The normalized spacial score (nSPS) is 12.1. The highest BCUT2D eigenvalue weighted by Crippen LogP contribution is 2.20. The summed E-state index contributed by atoms with van der Waals surface area (Å²) in [5, 5.41) is 3.57. The third-order valence-electron chi connectivity index (χ3n) is 3.47. The van der Waals surface area contributed by atoms with Crippen LogP contribution in [0.1, 0.15) is 58.6 Å². The van der Waals surface area contributed by atoms with E-state index in [0.29, 0.717) is 12.0 Å². The molecule has 1 rings (SSSR count). The fourth-order valence-corrected chi connectivity index (χ4v) is 2.33. The standard InChI is InChI=1S/C18H31NO/c1-6-11-18(4,5)14-19-12-16-7-9-17(10-8-16)13-20-15(2)3/h7-10,15,19H,6,11-14H2,1-5H3. The molecule has 1 aromatic rings. The Labute approximate surface area is 124 Å². The monoisotopic (exact) mass is 277 g/mol. The maximum absolute atomic E-state index is 5.60. The number of nitrogens with one attached hydrogen (secondary N) is 1. The second kappa shape index (κ2) is 8.43. The first-order valence-electron chi connectivity index (χ1n) is 7.83. The molecule has 0 spiro atoms. The molecule has 0 saturated carbocycles. The predicted molar refractivity (Wildman–Crippen MR) is 86.8 cm³/mol. The summed E-state index contributed by atoms with van der Waals surface area (Å²) in [6, 6.07) is 8.71. The molecule has 0 atom stereocenters. The van der Waals surface area contributed by atoms with Gasteiger partial charge in [0.05, 0.1) is 12.7 Å². The van der Waals surface area contributed by atoms with Crippen LogP contribution in [0.5, 0.6) is 0 Å². The lowest BCUT2D eigenvalue weighted by Gasteiger charge is -2.24. The van der Waals surface area contributed by atoms with Crippen LogP contribution in [0.4, 0.5) is 0 Å². The van der Waals surface area contributed by atoms with E-state index in [2.05, 4.69) is 64.2 Å². The van der Waals surface area contributed by atoms with Crippen LogP contribution in [0.15, 0.2) is 24.3 Å². The van der Waals surface area contributed by atoms with Gasteiger partial charge in [0.2, 0.25) is 0 Å². The van der Waals surface area contributed by atoms with Crippen molar-refractivity contribution in [3.05, 3.63) is 35.4 Å². The van der Waals surface area contributed by atoms with Crippen LogP contribution in [0, 0.1) is 5.41 Å². The Hall–Kier alpha value is -0.860. The highest BCUT2D eigenvalue weighted by atomic mass is 16.5. The molecular weight excluding hydrogens is 246 g/mol. The first-order chi connectivity index (χ1) is 9.43. The fraction of sp³-hybridized carbons (Fsp3) is 0.667. The lowest BCUT2D eigenvalue weighted by atomic mass is 9.88. The lowest BCUT2D eigenvalue weighted by Crippen LogP contribution is -2.28. The molecule has 1 N–H and O–H groups in total. The summed E-state index contributed by atoms with van der Waals surface area (Å²) in [6.45, 7) is 13.8. The molecule has 1 aromatic carbocycles. The molecule has 0 heterocycles. The van der Waals surface area contributed by atoms with Crippen molar-refractivity contribution < 1.29 is 4.74 Å². The quantitative estimate of drug-likeness (QED) is 0.716. The Kier molecular flexibility index (Phi) is 7.25. The predicted octanol–water partition coefficient (Wildman–Crippen LogP) is 4.53. The summed E-state index contributed by atoms with van der Waals surface area (Å²) in [5.41, 5.74) is 2.97. The summed E-state index contributed by atoms with van der Waals surface area (Å²) in [7, 11) is 0. The van der Waals surface area contributed by atoms with Crippen LogP contribution in [0.3, 0.4) is 0 Å². The molecule has 0 saturated heterocycles. The average molecular weight is 277 g/mol. The minimum Gasteiger partial charge on any atom is -0.374 e. The highest BCUT2D eigenvalue weighted by molar-refractivity contribution is 5.21. The highest BCUT2D eigenvalue weighted by Gasteiger charge is 2.15. The van der Waals surface area contributed by atoms with Gasteiger partial charge in [-0.25, -0.2) is 0 Å². The minimum atomic E-state index is 0.289. The third kappa shape index (κ3) is 7.06. The third-order valence-corrected chi connectivity index (χ3v) is 3.47. The van der Waals surface area contributed by atoms with Crippen LogP contribution in [0.2, 0.25) is 0 Å². The van der Waals surface area contributed by atoms with Crippen LogP contribution >= 0.6 is 0 Å². The smallest absolute Gasteiger partial charge is 0.0720 e. The Bertz CT molecular complexity index is 368. The van der Waals surface area contributed by atoms with Crippen molar-refractivity contribution in [1.82, 2.24) is 5.32 Å². The van der Waals surface area contributed by atoms with Crippen molar-refractivity contribution in [2.45, 2.75) is 66.7 Å². The molecule has 0 aliphatic heterocycles. The molecule has 2 nitrogen and oxygen atoms in total. The molecular formula is C18H31NO. The topological polar surface area (TPSA) is 21.3 Å². The second-order valence-electron chi connectivity index (χ2n) is 6.69. The van der Waals surface area contributed by atoms with E-state index in [4.69, 9.17) is 4.74 Å². The summed E-state index contributed by atoms with van der Waals surface area (Å²) >= 11 is 0. The number of hydrogen-bond donors (Lipinski definition) is 1. The zero-order valence-corrected chi connectivity index (χ0v) is 13.8. The van der Waals surface area contributed by atoms with Crippen LogP contribution in [0.25, 0.3) is 0 Å². The van der Waals surface area contributed by atoms with E-state index in [1.807, 2.05) is 0 Å². The van der Waals surface area contributed by atoms with E-state index >= 15 is 0 Å². The summed E-state index contributed by atoms with van der Waals surface area (Å²) in [6.07, 6.45) is 2.81. The van der Waals surface area contributed by atoms with Gasteiger partial charge >= 0.3 is 0 Å². The van der Waals surface area contributed by atoms with Crippen molar-refractivity contribution in [2.75, 3.05) is 6.54 Å². The zero-order chi connectivity index (χ0) is 15.0. The van der Waals surface area contributed by atoms with Gasteiger partial charge in [0.15, 0.2) is 0 Å². The summed E-state index contributed by atoms with van der Waals surface area (Å²) in [5.74, 6) is 0. The van der Waals surface area contributed by atoms with Gasteiger partial charge in [-0.15, -0.1) is 0 Å². The van der Waals surface area contributed by atoms with Crippen molar-refractivity contribution in [1.29, 1.82) is 0 Å². The molecule has 0 aromatic heterocycles. The Morgan fingerprint density at radius 2 is 1.70 bits per heavy atom. The molecule has 0 unspecified atom stereocenters. The van der Waals surface area contributed by atoms with Gasteiger partial charge in [-0.05, 0) is 36.8 Å². The van der Waals surface area contributed by atoms with Gasteiger partial charge in [-0.1, -0.05) is 51.5 Å². The second-order valence-corrected chi connectivity index (χ2v) is 6.69. The zero-order valence-electron chi connectivity index (χ0n) is 13.8. The van der Waals surface area contributed by atoms with Crippen molar-refractivity contribution in [2.24, 2.45) is 5.41 Å². The maximum atomic E-state index is 5.60. The molecule has 0 aliphatic carbocycles. The SMILES string of the molecule is CCCC(C)(C)CNCc1ccc(COC(C)C)cc1. The van der Waals surface area contributed by atoms with E-state index in [0.717, 1.165) is 13.1 Å². The maximum Gasteiger partial charge on any atom is 0.0720 e. The van der Waals surface area contributed by atoms with Crippen molar-refractivity contribution >= 4 is 0 Å². The number of benzene rings is 1. The number of hydrogen-bond acceptors (Lipinski definition) is 2. The van der Waals surface area contributed by atoms with Crippen molar-refractivity contribution in [3.63, 3.8) is 0 Å². The Morgan fingerprint density at radius 3 is 2.25 bits per heavy atom. The first-order valence-corrected chi connectivity index (χ1v) is 7.83. The van der Waals surface area contributed by atoms with Gasteiger partial charge in [0.25, 0.3) is 0 Å². The van der Waals surface area contributed by atoms with Crippen molar-refractivity contribution in [3.8, 4) is 0 Å². The number of rotatable bonds is 9. The van der Waals surface area contributed by atoms with E-state index in [9.17, 15) is 0 Å². The molecule has 20 heavy (non-hydrogen) atoms.